The molecule has 0 fully saturated rings. The summed E-state index contributed by atoms with van der Waals surface area (Å²) in [7, 11) is -0.976. The Bertz CT molecular complexity index is 1330. The van der Waals surface area contributed by atoms with Crippen LogP contribution in [0.1, 0.15) is 11.1 Å². The van der Waals surface area contributed by atoms with Crippen molar-refractivity contribution in [3.05, 3.63) is 96.6 Å². The van der Waals surface area contributed by atoms with E-state index in [0.29, 0.717) is 29.4 Å². The number of nitrogens with zero attached hydrogens (tertiary/aromatic N) is 2. The van der Waals surface area contributed by atoms with Gasteiger partial charge in [0, 0.05) is 6.54 Å². The van der Waals surface area contributed by atoms with E-state index in [1.165, 1.54) is 32.6 Å². The molecule has 0 bridgehead atoms. The second kappa shape index (κ2) is 13.2. The number of methoxy groups -OCH3 is 2. The maximum absolute atomic E-state index is 13.4. The standard InChI is InChI=1S/C27H29N3O6S/c1-4-16-36-25-15-10-22(17-26(25)35-3)18-28-29-27(31)20-30(19-21-8-6-5-7-9-21)37(32,33)24-13-11-23(34-2)12-14-24/h4-15,17-18H,1,16,19-20H2,2-3H3,(H,29,31)/b28-18-. The van der Waals surface area contributed by atoms with Crippen LogP contribution in [0.25, 0.3) is 0 Å². The van der Waals surface area contributed by atoms with E-state index in [9.17, 15) is 13.2 Å². The Balaban J connectivity index is 1.74. The van der Waals surface area contributed by atoms with Crippen LogP contribution in [0.15, 0.2) is 95.4 Å². The summed E-state index contributed by atoms with van der Waals surface area (Å²) in [6.45, 7) is 3.52. The van der Waals surface area contributed by atoms with Gasteiger partial charge in [-0.15, -0.1) is 0 Å². The fourth-order valence-electron chi connectivity index (χ4n) is 3.32. The Hall–Kier alpha value is -4.15. The zero-order chi connectivity index (χ0) is 26.7. The van der Waals surface area contributed by atoms with Gasteiger partial charge >= 0.3 is 0 Å². The normalized spacial score (nSPS) is 11.3. The number of amides is 1. The van der Waals surface area contributed by atoms with Gasteiger partial charge in [-0.2, -0.15) is 9.41 Å². The van der Waals surface area contributed by atoms with Crippen LogP contribution in [-0.2, 0) is 21.4 Å². The lowest BCUT2D eigenvalue weighted by Gasteiger charge is -2.21. The molecule has 0 atom stereocenters. The zero-order valence-corrected chi connectivity index (χ0v) is 21.5. The molecule has 3 aromatic rings. The van der Waals surface area contributed by atoms with Crippen molar-refractivity contribution in [2.24, 2.45) is 5.10 Å². The number of ether oxygens (including phenoxy) is 3. The zero-order valence-electron chi connectivity index (χ0n) is 20.7. The Morgan fingerprint density at radius 2 is 1.73 bits per heavy atom. The molecule has 194 valence electrons. The average molecular weight is 524 g/mol. The number of benzene rings is 3. The molecule has 1 amide bonds. The smallest absolute Gasteiger partial charge is 0.255 e. The largest absolute Gasteiger partial charge is 0.497 e. The van der Waals surface area contributed by atoms with Gasteiger partial charge in [-0.05, 0) is 53.6 Å². The van der Waals surface area contributed by atoms with Gasteiger partial charge < -0.3 is 14.2 Å². The van der Waals surface area contributed by atoms with E-state index in [0.717, 1.165) is 9.87 Å². The molecule has 0 aromatic heterocycles. The molecular formula is C27H29N3O6S. The highest BCUT2D eigenvalue weighted by Gasteiger charge is 2.27. The molecule has 0 saturated carbocycles. The Labute approximate surface area is 217 Å². The molecule has 0 aliphatic carbocycles. The van der Waals surface area contributed by atoms with Crippen LogP contribution in [0.3, 0.4) is 0 Å². The number of hydrogen-bond acceptors (Lipinski definition) is 7. The van der Waals surface area contributed by atoms with Gasteiger partial charge in [0.15, 0.2) is 11.5 Å². The second-order valence-corrected chi connectivity index (χ2v) is 9.68. The second-order valence-electron chi connectivity index (χ2n) is 7.74. The lowest BCUT2D eigenvalue weighted by molar-refractivity contribution is -0.121. The molecule has 10 heteroatoms. The van der Waals surface area contributed by atoms with Crippen molar-refractivity contribution in [2.75, 3.05) is 27.4 Å². The predicted molar refractivity (Wildman–Crippen MR) is 141 cm³/mol. The van der Waals surface area contributed by atoms with E-state index in [-0.39, 0.29) is 11.4 Å². The summed E-state index contributed by atoms with van der Waals surface area (Å²) in [6.07, 6.45) is 3.05. The van der Waals surface area contributed by atoms with Gasteiger partial charge in [0.1, 0.15) is 12.4 Å². The average Bonchev–Trinajstić information content (AvgIpc) is 2.92. The van der Waals surface area contributed by atoms with Crippen LogP contribution in [-0.4, -0.2) is 52.2 Å². The van der Waals surface area contributed by atoms with Crippen molar-refractivity contribution < 1.29 is 27.4 Å². The first kappa shape index (κ1) is 27.4. The summed E-state index contributed by atoms with van der Waals surface area (Å²) in [5.74, 6) is 0.973. The summed E-state index contributed by atoms with van der Waals surface area (Å²) in [5.41, 5.74) is 3.78. The summed E-state index contributed by atoms with van der Waals surface area (Å²) in [6, 6.07) is 20.2. The topological polar surface area (TPSA) is 107 Å². The van der Waals surface area contributed by atoms with Crippen LogP contribution < -0.4 is 19.6 Å². The fourth-order valence-corrected chi connectivity index (χ4v) is 4.70. The summed E-state index contributed by atoms with van der Waals surface area (Å²) in [4.78, 5) is 12.8. The SMILES string of the molecule is C=CCOc1ccc(/C=N\NC(=O)CN(Cc2ccccc2)S(=O)(=O)c2ccc(OC)cc2)cc1OC. The van der Waals surface area contributed by atoms with Gasteiger partial charge in [-0.25, -0.2) is 13.8 Å². The Morgan fingerprint density at radius 1 is 1.00 bits per heavy atom. The highest BCUT2D eigenvalue weighted by atomic mass is 32.2. The fraction of sp³-hybridized carbons (Fsp3) is 0.185. The molecular weight excluding hydrogens is 494 g/mol. The maximum Gasteiger partial charge on any atom is 0.255 e. The van der Waals surface area contributed by atoms with Crippen LogP contribution >= 0.6 is 0 Å². The maximum atomic E-state index is 13.4. The third kappa shape index (κ3) is 7.66. The monoisotopic (exact) mass is 523 g/mol. The molecule has 9 nitrogen and oxygen atoms in total. The number of hydrogen-bond donors (Lipinski definition) is 1. The lowest BCUT2D eigenvalue weighted by atomic mass is 10.2. The van der Waals surface area contributed by atoms with Crippen LogP contribution in [0, 0.1) is 0 Å². The number of rotatable bonds is 13. The highest BCUT2D eigenvalue weighted by molar-refractivity contribution is 7.89. The van der Waals surface area contributed by atoms with E-state index < -0.39 is 22.5 Å². The van der Waals surface area contributed by atoms with E-state index in [1.54, 1.807) is 60.7 Å². The number of sulfonamides is 1. The molecule has 1 N–H and O–H groups in total. The molecule has 3 rings (SSSR count). The van der Waals surface area contributed by atoms with Gasteiger partial charge in [0.2, 0.25) is 10.0 Å². The molecule has 0 saturated heterocycles. The first-order valence-corrected chi connectivity index (χ1v) is 12.7. The number of hydrazone groups is 1. The number of nitrogens with one attached hydrogen (secondary N) is 1. The summed E-state index contributed by atoms with van der Waals surface area (Å²) >= 11 is 0. The lowest BCUT2D eigenvalue weighted by Crippen LogP contribution is -2.39. The molecule has 0 heterocycles. The molecule has 0 unspecified atom stereocenters. The predicted octanol–water partition coefficient (Wildman–Crippen LogP) is 3.61. The minimum atomic E-state index is -3.99. The van der Waals surface area contributed by atoms with Gasteiger partial charge in [-0.1, -0.05) is 43.0 Å². The highest BCUT2D eigenvalue weighted by Crippen LogP contribution is 2.27. The number of carbonyl (C=O) groups excluding carboxylic acids is 1. The Kier molecular flexibility index (Phi) is 9.82. The van der Waals surface area contributed by atoms with E-state index in [4.69, 9.17) is 14.2 Å². The first-order valence-electron chi connectivity index (χ1n) is 11.3. The van der Waals surface area contributed by atoms with Gasteiger partial charge in [0.05, 0.1) is 31.9 Å². The van der Waals surface area contributed by atoms with Crippen LogP contribution in [0.2, 0.25) is 0 Å². The molecule has 0 spiro atoms. The minimum absolute atomic E-state index is 0.00963. The van der Waals surface area contributed by atoms with Crippen molar-refractivity contribution in [2.45, 2.75) is 11.4 Å². The summed E-state index contributed by atoms with van der Waals surface area (Å²) < 4.78 is 43.8. The first-order chi connectivity index (χ1) is 17.9. The molecule has 37 heavy (non-hydrogen) atoms. The van der Waals surface area contributed by atoms with Crippen molar-refractivity contribution in [1.82, 2.24) is 9.73 Å². The molecule has 0 radical (unpaired) electrons. The van der Waals surface area contributed by atoms with Crippen LogP contribution in [0.5, 0.6) is 17.2 Å². The van der Waals surface area contributed by atoms with Crippen molar-refractivity contribution in [3.63, 3.8) is 0 Å². The van der Waals surface area contributed by atoms with Gasteiger partial charge in [-0.3, -0.25) is 4.79 Å². The summed E-state index contributed by atoms with van der Waals surface area (Å²) in [5, 5.41) is 3.97. The minimum Gasteiger partial charge on any atom is -0.497 e. The Morgan fingerprint density at radius 3 is 2.38 bits per heavy atom. The van der Waals surface area contributed by atoms with Crippen LogP contribution in [0.4, 0.5) is 0 Å². The van der Waals surface area contributed by atoms with Gasteiger partial charge in [0.25, 0.3) is 5.91 Å². The van der Waals surface area contributed by atoms with Crippen molar-refractivity contribution in [1.29, 1.82) is 0 Å². The quantitative estimate of drug-likeness (QED) is 0.208. The third-order valence-electron chi connectivity index (χ3n) is 5.17. The molecule has 0 aliphatic heterocycles. The van der Waals surface area contributed by atoms with E-state index in [1.807, 2.05) is 6.07 Å². The van der Waals surface area contributed by atoms with Crippen molar-refractivity contribution in [3.8, 4) is 17.2 Å². The van der Waals surface area contributed by atoms with E-state index in [2.05, 4.69) is 17.1 Å². The molecule has 3 aromatic carbocycles. The number of carbonyl (C=O) groups is 1. The third-order valence-corrected chi connectivity index (χ3v) is 6.97. The molecule has 0 aliphatic rings. The van der Waals surface area contributed by atoms with Crippen molar-refractivity contribution >= 4 is 22.1 Å². The van der Waals surface area contributed by atoms with E-state index >= 15 is 0 Å².